The summed E-state index contributed by atoms with van der Waals surface area (Å²) in [7, 11) is 0. The van der Waals surface area contributed by atoms with Crippen molar-refractivity contribution in [1.82, 2.24) is 24.9 Å². The van der Waals surface area contributed by atoms with E-state index in [0.717, 1.165) is 16.7 Å². The summed E-state index contributed by atoms with van der Waals surface area (Å²) in [6.45, 7) is 3.29. The number of hydrogen-bond donors (Lipinski definition) is 1. The van der Waals surface area contributed by atoms with E-state index >= 15 is 0 Å². The molecule has 0 bridgehead atoms. The summed E-state index contributed by atoms with van der Waals surface area (Å²) in [5.74, 6) is 0.290. The number of hydrogen-bond acceptors (Lipinski definition) is 4. The number of carbonyl (C=O) groups excluding carboxylic acids is 1. The van der Waals surface area contributed by atoms with Gasteiger partial charge in [0.2, 0.25) is 0 Å². The predicted molar refractivity (Wildman–Crippen MR) is 101 cm³/mol. The number of aromatic nitrogens is 4. The van der Waals surface area contributed by atoms with Crippen LogP contribution in [0.25, 0.3) is 0 Å². The van der Waals surface area contributed by atoms with Crippen LogP contribution in [-0.4, -0.2) is 25.5 Å². The first-order chi connectivity index (χ1) is 12.6. The number of ether oxygens (including phenoxy) is 1. The summed E-state index contributed by atoms with van der Waals surface area (Å²) in [6, 6.07) is 8.86. The zero-order valence-electron chi connectivity index (χ0n) is 14.0. The van der Waals surface area contributed by atoms with Gasteiger partial charge in [0.05, 0.1) is 17.3 Å². The van der Waals surface area contributed by atoms with Crippen molar-refractivity contribution in [3.8, 4) is 5.75 Å². The van der Waals surface area contributed by atoms with Crippen molar-refractivity contribution in [2.75, 3.05) is 0 Å². The Hall–Kier alpha value is -2.32. The van der Waals surface area contributed by atoms with E-state index < -0.39 is 0 Å². The molecule has 0 unspecified atom stereocenters. The molecule has 0 aliphatic rings. The molecule has 3 aromatic rings. The van der Waals surface area contributed by atoms with Crippen LogP contribution in [0, 0.1) is 0 Å². The topological polar surface area (TPSA) is 74.0 Å². The molecule has 0 fully saturated rings. The Morgan fingerprint density at radius 1 is 1.35 bits per heavy atom. The van der Waals surface area contributed by atoms with E-state index in [9.17, 15) is 4.79 Å². The molecule has 0 radical (unpaired) electrons. The van der Waals surface area contributed by atoms with Crippen LogP contribution in [0.5, 0.6) is 5.75 Å². The summed E-state index contributed by atoms with van der Waals surface area (Å²) in [5, 5.41) is 11.7. The van der Waals surface area contributed by atoms with Crippen molar-refractivity contribution in [1.29, 1.82) is 0 Å². The third-order valence-corrected chi connectivity index (χ3v) is 4.44. The van der Waals surface area contributed by atoms with Crippen molar-refractivity contribution in [3.63, 3.8) is 0 Å². The van der Waals surface area contributed by atoms with Crippen LogP contribution in [0.3, 0.4) is 0 Å². The lowest BCUT2D eigenvalue weighted by Gasteiger charge is -2.08. The summed E-state index contributed by atoms with van der Waals surface area (Å²) >= 11 is 9.45. The predicted octanol–water partition coefficient (Wildman–Crippen LogP) is 3.48. The number of nitrogens with zero attached hydrogens (tertiary/aromatic N) is 4. The van der Waals surface area contributed by atoms with Gasteiger partial charge in [-0.05, 0) is 37.3 Å². The van der Waals surface area contributed by atoms with E-state index in [1.54, 1.807) is 30.6 Å². The molecule has 3 rings (SSSR count). The second-order valence-corrected chi connectivity index (χ2v) is 6.73. The molecular formula is C17H17BrClN5O2. The van der Waals surface area contributed by atoms with Crippen molar-refractivity contribution < 1.29 is 9.53 Å². The summed E-state index contributed by atoms with van der Waals surface area (Å²) in [5.41, 5.74) is 1.26. The molecule has 9 heteroatoms. The number of halogens is 2. The van der Waals surface area contributed by atoms with Gasteiger partial charge in [0.15, 0.2) is 6.73 Å². The first-order valence-corrected chi connectivity index (χ1v) is 9.14. The van der Waals surface area contributed by atoms with Crippen LogP contribution in [0.1, 0.15) is 23.1 Å². The fourth-order valence-electron chi connectivity index (χ4n) is 2.34. The van der Waals surface area contributed by atoms with Crippen LogP contribution in [0.4, 0.5) is 0 Å². The Labute approximate surface area is 164 Å². The Bertz CT molecular complexity index is 908. The van der Waals surface area contributed by atoms with Crippen LogP contribution in [0.15, 0.2) is 47.2 Å². The third-order valence-electron chi connectivity index (χ3n) is 3.65. The van der Waals surface area contributed by atoms with E-state index in [1.807, 2.05) is 23.7 Å². The van der Waals surface area contributed by atoms with Gasteiger partial charge in [0, 0.05) is 23.4 Å². The van der Waals surface area contributed by atoms with Gasteiger partial charge in [0.1, 0.15) is 11.4 Å². The summed E-state index contributed by atoms with van der Waals surface area (Å²) < 4.78 is 9.86. The average Bonchev–Trinajstić information content (AvgIpc) is 3.28. The van der Waals surface area contributed by atoms with Gasteiger partial charge < -0.3 is 10.1 Å². The number of rotatable bonds is 7. The smallest absolute Gasteiger partial charge is 0.272 e. The Morgan fingerprint density at radius 3 is 2.96 bits per heavy atom. The van der Waals surface area contributed by atoms with Crippen LogP contribution in [-0.2, 0) is 19.8 Å². The number of nitrogens with one attached hydrogen (secondary N) is 1. The second kappa shape index (κ2) is 8.37. The Morgan fingerprint density at radius 2 is 2.19 bits per heavy atom. The fraction of sp³-hybridized carbons (Fsp3) is 0.235. The highest BCUT2D eigenvalue weighted by Crippen LogP contribution is 2.27. The molecule has 1 N–H and O–H groups in total. The first kappa shape index (κ1) is 18.5. The molecule has 0 saturated heterocycles. The maximum atomic E-state index is 12.2. The molecule has 0 spiro atoms. The van der Waals surface area contributed by atoms with Crippen molar-refractivity contribution in [3.05, 3.63) is 63.6 Å². The molecule has 136 valence electrons. The molecule has 1 amide bonds. The van der Waals surface area contributed by atoms with E-state index in [1.165, 1.54) is 4.68 Å². The standard InChI is InChI=1S/C17H17BrClN5O2/c1-2-24-13(5-7-21-24)10-20-17(25)15-6-8-23(22-15)11-26-16-4-3-12(18)9-14(16)19/h3-9H,2,10-11H2,1H3,(H,20,25). The average molecular weight is 439 g/mol. The highest BCUT2D eigenvalue weighted by atomic mass is 79.9. The quantitative estimate of drug-likeness (QED) is 0.613. The highest BCUT2D eigenvalue weighted by Gasteiger charge is 2.11. The van der Waals surface area contributed by atoms with Gasteiger partial charge >= 0.3 is 0 Å². The molecule has 2 aromatic heterocycles. The third kappa shape index (κ3) is 4.44. The number of amides is 1. The summed E-state index contributed by atoms with van der Waals surface area (Å²) in [6.07, 6.45) is 3.39. The molecule has 26 heavy (non-hydrogen) atoms. The monoisotopic (exact) mass is 437 g/mol. The van der Waals surface area contributed by atoms with E-state index in [0.29, 0.717) is 23.0 Å². The van der Waals surface area contributed by atoms with Crippen molar-refractivity contribution in [2.24, 2.45) is 0 Å². The van der Waals surface area contributed by atoms with E-state index in [-0.39, 0.29) is 12.6 Å². The van der Waals surface area contributed by atoms with E-state index in [2.05, 4.69) is 31.4 Å². The largest absolute Gasteiger partial charge is 0.470 e. The Balaban J connectivity index is 1.56. The zero-order valence-corrected chi connectivity index (χ0v) is 16.4. The maximum Gasteiger partial charge on any atom is 0.272 e. The first-order valence-electron chi connectivity index (χ1n) is 7.97. The van der Waals surface area contributed by atoms with Crippen LogP contribution in [0.2, 0.25) is 5.02 Å². The van der Waals surface area contributed by atoms with Crippen LogP contribution < -0.4 is 10.1 Å². The minimum Gasteiger partial charge on any atom is -0.470 e. The van der Waals surface area contributed by atoms with Gasteiger partial charge in [-0.15, -0.1) is 0 Å². The summed E-state index contributed by atoms with van der Waals surface area (Å²) in [4.78, 5) is 12.2. The minimum absolute atomic E-state index is 0.150. The lowest BCUT2D eigenvalue weighted by atomic mass is 10.3. The van der Waals surface area contributed by atoms with Crippen molar-refractivity contribution >= 4 is 33.4 Å². The lowest BCUT2D eigenvalue weighted by Crippen LogP contribution is -2.25. The lowest BCUT2D eigenvalue weighted by molar-refractivity contribution is 0.0943. The fourth-order valence-corrected chi connectivity index (χ4v) is 3.07. The number of benzene rings is 1. The molecule has 1 aromatic carbocycles. The van der Waals surface area contributed by atoms with Crippen molar-refractivity contribution in [2.45, 2.75) is 26.7 Å². The van der Waals surface area contributed by atoms with Gasteiger partial charge in [-0.1, -0.05) is 27.5 Å². The number of carbonyl (C=O) groups is 1. The molecule has 0 aliphatic heterocycles. The molecule has 0 saturated carbocycles. The molecule has 2 heterocycles. The van der Waals surface area contributed by atoms with Gasteiger partial charge in [-0.25, -0.2) is 4.68 Å². The normalized spacial score (nSPS) is 10.7. The number of aryl methyl sites for hydroxylation is 1. The highest BCUT2D eigenvalue weighted by molar-refractivity contribution is 9.10. The molecule has 0 aliphatic carbocycles. The van der Waals surface area contributed by atoms with Gasteiger partial charge in [0.25, 0.3) is 5.91 Å². The Kier molecular flexibility index (Phi) is 5.95. The second-order valence-electron chi connectivity index (χ2n) is 5.41. The molecule has 0 atom stereocenters. The van der Waals surface area contributed by atoms with Gasteiger partial charge in [-0.2, -0.15) is 10.2 Å². The molecule has 7 nitrogen and oxygen atoms in total. The minimum atomic E-state index is -0.255. The SMILES string of the molecule is CCn1nccc1CNC(=O)c1ccn(COc2ccc(Br)cc2Cl)n1. The maximum absolute atomic E-state index is 12.2. The van der Waals surface area contributed by atoms with Crippen LogP contribution >= 0.6 is 27.5 Å². The van der Waals surface area contributed by atoms with Gasteiger partial charge in [-0.3, -0.25) is 9.48 Å². The molecular weight excluding hydrogens is 422 g/mol. The zero-order chi connectivity index (χ0) is 18.5. The van der Waals surface area contributed by atoms with E-state index in [4.69, 9.17) is 16.3 Å².